The van der Waals surface area contributed by atoms with Gasteiger partial charge in [-0.2, -0.15) is 0 Å². The lowest BCUT2D eigenvalue weighted by Crippen LogP contribution is -2.23. The molecule has 1 saturated heterocycles. The van der Waals surface area contributed by atoms with Crippen LogP contribution in [0.3, 0.4) is 0 Å². The molecule has 1 aliphatic rings. The SMILES string of the molecule is C=CC1CCC(c2ccc(OC(=O)c3ccc(-c4ccc(C)cc4)cc3)c(C)c2F)CO1. The van der Waals surface area contributed by atoms with Crippen molar-refractivity contribution < 1.29 is 18.7 Å². The summed E-state index contributed by atoms with van der Waals surface area (Å²) in [5.41, 5.74) is 4.64. The number of carbonyl (C=O) groups excluding carboxylic acids is 1. The second-order valence-corrected chi connectivity index (χ2v) is 8.31. The molecule has 0 amide bonds. The van der Waals surface area contributed by atoms with E-state index in [0.29, 0.717) is 23.3 Å². The van der Waals surface area contributed by atoms with Gasteiger partial charge in [0.2, 0.25) is 0 Å². The second kappa shape index (κ2) is 9.49. The third kappa shape index (κ3) is 4.66. The quantitative estimate of drug-likeness (QED) is 0.254. The van der Waals surface area contributed by atoms with Crippen LogP contribution in [0, 0.1) is 19.7 Å². The highest BCUT2D eigenvalue weighted by atomic mass is 19.1. The fraction of sp³-hybridized carbons (Fsp3) is 0.250. The highest BCUT2D eigenvalue weighted by Gasteiger charge is 2.25. The van der Waals surface area contributed by atoms with Gasteiger partial charge in [0.15, 0.2) is 0 Å². The molecular formula is C28H27FO3. The largest absolute Gasteiger partial charge is 0.423 e. The van der Waals surface area contributed by atoms with Gasteiger partial charge >= 0.3 is 5.97 Å². The number of halogens is 1. The van der Waals surface area contributed by atoms with Crippen molar-refractivity contribution in [1.82, 2.24) is 0 Å². The standard InChI is InChI=1S/C28H27FO3/c1-4-24-14-13-23(17-31-24)25-15-16-26(19(3)27(25)29)32-28(30)22-11-9-21(10-12-22)20-7-5-18(2)6-8-20/h4-12,15-16,23-24H,1,13-14,17H2,2-3H3. The van der Waals surface area contributed by atoms with Crippen LogP contribution in [-0.2, 0) is 4.74 Å². The van der Waals surface area contributed by atoms with Crippen LogP contribution in [0.25, 0.3) is 11.1 Å². The normalized spacial score (nSPS) is 18.2. The smallest absolute Gasteiger partial charge is 0.343 e. The third-order valence-corrected chi connectivity index (χ3v) is 6.09. The molecule has 0 spiro atoms. The van der Waals surface area contributed by atoms with Gasteiger partial charge in [0.1, 0.15) is 11.6 Å². The Labute approximate surface area is 188 Å². The van der Waals surface area contributed by atoms with Gasteiger partial charge in [-0.15, -0.1) is 6.58 Å². The van der Waals surface area contributed by atoms with E-state index in [1.807, 2.05) is 31.2 Å². The Kier molecular flexibility index (Phi) is 6.52. The molecule has 2 atom stereocenters. The molecule has 1 heterocycles. The summed E-state index contributed by atoms with van der Waals surface area (Å²) in [6, 6.07) is 18.8. The van der Waals surface area contributed by atoms with Crippen molar-refractivity contribution >= 4 is 5.97 Å². The van der Waals surface area contributed by atoms with E-state index in [4.69, 9.17) is 9.47 Å². The highest BCUT2D eigenvalue weighted by molar-refractivity contribution is 5.91. The fourth-order valence-electron chi connectivity index (χ4n) is 4.02. The van der Waals surface area contributed by atoms with Gasteiger partial charge in [0, 0.05) is 11.5 Å². The molecule has 1 aliphatic heterocycles. The molecule has 32 heavy (non-hydrogen) atoms. The Hall–Kier alpha value is -3.24. The van der Waals surface area contributed by atoms with Gasteiger partial charge in [-0.25, -0.2) is 9.18 Å². The minimum Gasteiger partial charge on any atom is -0.423 e. The zero-order chi connectivity index (χ0) is 22.7. The van der Waals surface area contributed by atoms with Gasteiger partial charge in [0.25, 0.3) is 0 Å². The first-order valence-electron chi connectivity index (χ1n) is 10.9. The van der Waals surface area contributed by atoms with E-state index in [2.05, 4.69) is 18.7 Å². The molecule has 0 N–H and O–H groups in total. The summed E-state index contributed by atoms with van der Waals surface area (Å²) in [4.78, 5) is 12.7. The molecule has 0 aliphatic carbocycles. The number of ether oxygens (including phenoxy) is 2. The highest BCUT2D eigenvalue weighted by Crippen LogP contribution is 2.34. The molecule has 3 nitrogen and oxygen atoms in total. The lowest BCUT2D eigenvalue weighted by Gasteiger charge is -2.28. The van der Waals surface area contributed by atoms with Gasteiger partial charge < -0.3 is 9.47 Å². The molecule has 164 valence electrons. The molecule has 0 aromatic heterocycles. The Bertz CT molecular complexity index is 1110. The average molecular weight is 431 g/mol. The topological polar surface area (TPSA) is 35.5 Å². The summed E-state index contributed by atoms with van der Waals surface area (Å²) in [5.74, 6) is -0.621. The molecular weight excluding hydrogens is 403 g/mol. The maximum atomic E-state index is 15.1. The average Bonchev–Trinajstić information content (AvgIpc) is 2.83. The summed E-state index contributed by atoms with van der Waals surface area (Å²) < 4.78 is 26.3. The summed E-state index contributed by atoms with van der Waals surface area (Å²) >= 11 is 0. The van der Waals surface area contributed by atoms with Gasteiger partial charge in [-0.05, 0) is 61.6 Å². The number of hydrogen-bond donors (Lipinski definition) is 0. The van der Waals surface area contributed by atoms with Crippen LogP contribution in [0.4, 0.5) is 4.39 Å². The number of rotatable bonds is 5. The van der Waals surface area contributed by atoms with Crippen molar-refractivity contribution in [3.8, 4) is 16.9 Å². The number of aryl methyl sites for hydroxylation is 1. The van der Waals surface area contributed by atoms with E-state index in [1.54, 1.807) is 37.3 Å². The molecule has 1 fully saturated rings. The van der Waals surface area contributed by atoms with E-state index in [9.17, 15) is 4.79 Å². The predicted molar refractivity (Wildman–Crippen MR) is 125 cm³/mol. The maximum absolute atomic E-state index is 15.1. The van der Waals surface area contributed by atoms with Gasteiger partial charge in [0.05, 0.1) is 18.3 Å². The minimum absolute atomic E-state index is 0.0102. The Morgan fingerprint density at radius 2 is 1.66 bits per heavy atom. The molecule has 2 unspecified atom stereocenters. The Morgan fingerprint density at radius 1 is 1.00 bits per heavy atom. The molecule has 0 saturated carbocycles. The van der Waals surface area contributed by atoms with Crippen LogP contribution in [0.15, 0.2) is 73.3 Å². The van der Waals surface area contributed by atoms with Crippen molar-refractivity contribution in [2.24, 2.45) is 0 Å². The van der Waals surface area contributed by atoms with Crippen LogP contribution in [0.2, 0.25) is 0 Å². The number of hydrogen-bond acceptors (Lipinski definition) is 3. The van der Waals surface area contributed by atoms with Crippen molar-refractivity contribution in [3.05, 3.63) is 101 Å². The zero-order valence-corrected chi connectivity index (χ0v) is 18.4. The minimum atomic E-state index is -0.509. The van der Waals surface area contributed by atoms with E-state index in [-0.39, 0.29) is 23.6 Å². The number of carbonyl (C=O) groups is 1. The summed E-state index contributed by atoms with van der Waals surface area (Å²) in [5, 5.41) is 0. The van der Waals surface area contributed by atoms with Crippen molar-refractivity contribution in [3.63, 3.8) is 0 Å². The van der Waals surface area contributed by atoms with Gasteiger partial charge in [-0.3, -0.25) is 0 Å². The number of esters is 1. The zero-order valence-electron chi connectivity index (χ0n) is 18.4. The molecule has 0 radical (unpaired) electrons. The molecule has 0 bridgehead atoms. The molecule has 4 rings (SSSR count). The van der Waals surface area contributed by atoms with Crippen LogP contribution in [0.1, 0.15) is 45.8 Å². The van der Waals surface area contributed by atoms with Crippen molar-refractivity contribution in [1.29, 1.82) is 0 Å². The maximum Gasteiger partial charge on any atom is 0.343 e. The van der Waals surface area contributed by atoms with E-state index in [0.717, 1.165) is 24.0 Å². The van der Waals surface area contributed by atoms with Crippen LogP contribution in [-0.4, -0.2) is 18.7 Å². The first-order chi connectivity index (χ1) is 15.5. The Morgan fingerprint density at radius 3 is 2.25 bits per heavy atom. The molecule has 3 aromatic carbocycles. The van der Waals surface area contributed by atoms with Crippen molar-refractivity contribution in [2.45, 2.75) is 38.7 Å². The van der Waals surface area contributed by atoms with Crippen LogP contribution in [0.5, 0.6) is 5.75 Å². The van der Waals surface area contributed by atoms with Gasteiger partial charge in [-0.1, -0.05) is 54.1 Å². The first kappa shape index (κ1) is 22.0. The lowest BCUT2D eigenvalue weighted by molar-refractivity contribution is 0.0321. The molecule has 4 heteroatoms. The predicted octanol–water partition coefficient (Wildman–Crippen LogP) is 6.78. The van der Waals surface area contributed by atoms with Crippen LogP contribution >= 0.6 is 0 Å². The second-order valence-electron chi connectivity index (χ2n) is 8.31. The Balaban J connectivity index is 1.46. The summed E-state index contributed by atoms with van der Waals surface area (Å²) in [6.45, 7) is 7.89. The van der Waals surface area contributed by atoms with Crippen LogP contribution < -0.4 is 4.74 Å². The molecule has 3 aromatic rings. The first-order valence-corrected chi connectivity index (χ1v) is 10.9. The monoisotopic (exact) mass is 430 g/mol. The summed E-state index contributed by atoms with van der Waals surface area (Å²) in [6.07, 6.45) is 3.47. The lowest BCUT2D eigenvalue weighted by atomic mass is 9.90. The summed E-state index contributed by atoms with van der Waals surface area (Å²) in [7, 11) is 0. The van der Waals surface area contributed by atoms with E-state index >= 15 is 4.39 Å². The van der Waals surface area contributed by atoms with Crippen molar-refractivity contribution in [2.75, 3.05) is 6.61 Å². The van der Waals surface area contributed by atoms with E-state index < -0.39 is 5.97 Å². The van der Waals surface area contributed by atoms with E-state index in [1.165, 1.54) is 5.56 Å². The number of benzene rings is 3. The fourth-order valence-corrected chi connectivity index (χ4v) is 4.02. The third-order valence-electron chi connectivity index (χ3n) is 6.09.